The minimum Gasteiger partial charge on any atom is -0.387 e. The summed E-state index contributed by atoms with van der Waals surface area (Å²) in [5, 5.41) is 2.64. The molecule has 0 saturated carbocycles. The Morgan fingerprint density at radius 2 is 1.68 bits per heavy atom. The predicted molar refractivity (Wildman–Crippen MR) is 132 cm³/mol. The Morgan fingerprint density at radius 1 is 1.13 bits per heavy atom. The summed E-state index contributed by atoms with van der Waals surface area (Å²) in [7, 11) is 3.71. The van der Waals surface area contributed by atoms with Crippen LogP contribution >= 0.6 is 0 Å². The minimum atomic E-state index is 0.213. The van der Waals surface area contributed by atoms with E-state index < -0.39 is 0 Å². The number of hydrogen-bond acceptors (Lipinski definition) is 4. The van der Waals surface area contributed by atoms with Crippen molar-refractivity contribution in [2.75, 3.05) is 32.5 Å². The quantitative estimate of drug-likeness (QED) is 0.218. The Labute approximate surface area is 186 Å². The first-order chi connectivity index (χ1) is 14.8. The van der Waals surface area contributed by atoms with E-state index in [2.05, 4.69) is 59.1 Å². The van der Waals surface area contributed by atoms with E-state index in [1.54, 1.807) is 26.1 Å². The van der Waals surface area contributed by atoms with Crippen LogP contribution in [0.1, 0.15) is 24.8 Å². The highest BCUT2D eigenvalue weighted by molar-refractivity contribution is 5.92. The number of allylic oxidation sites excluding steroid dienone is 3. The molecule has 31 heavy (non-hydrogen) atoms. The van der Waals surface area contributed by atoms with Crippen LogP contribution in [0.4, 0.5) is 5.69 Å². The number of nitrogens with zero attached hydrogens (tertiary/aromatic N) is 3. The highest BCUT2D eigenvalue weighted by atomic mass is 16.1. The molecule has 1 aliphatic rings. The molecule has 0 radical (unpaired) electrons. The molecule has 1 aromatic carbocycles. The summed E-state index contributed by atoms with van der Waals surface area (Å²) in [5.74, 6) is 1.29. The fourth-order valence-electron chi connectivity index (χ4n) is 2.36. The molecule has 1 fully saturated rings. The number of aliphatic imine (C=N–C) groups is 2. The number of aldehydes is 1. The van der Waals surface area contributed by atoms with Gasteiger partial charge in [0.15, 0.2) is 0 Å². The van der Waals surface area contributed by atoms with Crippen LogP contribution in [-0.4, -0.2) is 56.6 Å². The summed E-state index contributed by atoms with van der Waals surface area (Å²) in [5.41, 5.74) is 12.5. The number of amidine groups is 1. The Kier molecular flexibility index (Phi) is 18.9. The topological polar surface area (TPSA) is 126 Å². The van der Waals surface area contributed by atoms with Crippen LogP contribution in [0.3, 0.4) is 0 Å². The molecule has 0 aliphatic carbocycles. The molecule has 8 heteroatoms. The average molecular weight is 429 g/mol. The number of benzene rings is 1. The highest BCUT2D eigenvalue weighted by Gasteiger charge is 2.20. The monoisotopic (exact) mass is 428 g/mol. The van der Waals surface area contributed by atoms with E-state index >= 15 is 0 Å². The molecular formula is C23H36N6O2. The number of likely N-dealkylation sites (N-methyl/N-ethyl adjacent to an activating group) is 1. The van der Waals surface area contributed by atoms with Gasteiger partial charge < -0.3 is 21.7 Å². The van der Waals surface area contributed by atoms with Crippen LogP contribution in [0.25, 0.3) is 0 Å². The van der Waals surface area contributed by atoms with E-state index in [-0.39, 0.29) is 5.96 Å². The number of nitrogens with one attached hydrogen (secondary N) is 1. The maximum atomic E-state index is 10.2. The molecule has 1 unspecified atom stereocenters. The molecule has 0 spiro atoms. The van der Waals surface area contributed by atoms with Gasteiger partial charge in [-0.25, -0.2) is 4.99 Å². The highest BCUT2D eigenvalue weighted by Crippen LogP contribution is 2.26. The summed E-state index contributed by atoms with van der Waals surface area (Å²) >= 11 is 0. The van der Waals surface area contributed by atoms with Crippen LogP contribution in [-0.2, 0) is 9.59 Å². The van der Waals surface area contributed by atoms with Crippen LogP contribution in [0.15, 0.2) is 72.2 Å². The molecule has 0 aromatic heterocycles. The second-order valence-electron chi connectivity index (χ2n) is 6.31. The number of nitrogens with two attached hydrogens (primary N) is 2. The van der Waals surface area contributed by atoms with E-state index in [0.717, 1.165) is 12.2 Å². The van der Waals surface area contributed by atoms with Crippen molar-refractivity contribution in [2.45, 2.75) is 19.3 Å². The second-order valence-corrected chi connectivity index (χ2v) is 6.31. The number of rotatable bonds is 5. The fourth-order valence-corrected chi connectivity index (χ4v) is 2.36. The normalized spacial score (nSPS) is 15.4. The van der Waals surface area contributed by atoms with Crippen molar-refractivity contribution in [1.29, 1.82) is 0 Å². The van der Waals surface area contributed by atoms with Gasteiger partial charge in [-0.05, 0) is 56.6 Å². The van der Waals surface area contributed by atoms with Gasteiger partial charge in [-0.2, -0.15) is 0 Å². The average Bonchev–Trinajstić information content (AvgIpc) is 3.21. The van der Waals surface area contributed by atoms with Gasteiger partial charge in [0.25, 0.3) is 0 Å². The number of carbonyl (C=O) groups is 2. The largest absolute Gasteiger partial charge is 0.387 e. The molecule has 8 nitrogen and oxygen atoms in total. The first kappa shape index (κ1) is 29.7. The van der Waals surface area contributed by atoms with Gasteiger partial charge in [-0.3, -0.25) is 14.6 Å². The van der Waals surface area contributed by atoms with Crippen molar-refractivity contribution < 1.29 is 9.59 Å². The van der Waals surface area contributed by atoms with Crippen LogP contribution in [0, 0.1) is 0 Å². The Morgan fingerprint density at radius 3 is 1.97 bits per heavy atom. The predicted octanol–water partition coefficient (Wildman–Crippen LogP) is 2.71. The van der Waals surface area contributed by atoms with E-state index in [4.69, 9.17) is 16.3 Å². The van der Waals surface area contributed by atoms with Crippen LogP contribution in [0.5, 0.6) is 0 Å². The SMILES string of the molecule is C=CC=C.C=CC=O.CN1CCC(c2ccc(NC=O)cc2)C1.CN=C(N)/N=C(/C)N. The Bertz CT molecular complexity index is 698. The third-order valence-electron chi connectivity index (χ3n) is 3.78. The van der Waals surface area contributed by atoms with Gasteiger partial charge in [0.05, 0.1) is 5.84 Å². The molecule has 1 heterocycles. The molecule has 2 rings (SSSR count). The molecule has 170 valence electrons. The molecule has 1 atom stereocenters. The standard InChI is InChI=1S/C12H16N2O.C4H10N4.C4H6.C3H4O/c1-14-7-6-11(8-14)10-2-4-12(5-3-10)13-9-15;1-3(5)8-4(6)7-2;1-3-4-2;1-2-3-4/h2-5,9,11H,6-8H2,1H3,(H,13,15);1-2H3,(H4,5,6,7,8);3-4H,1-2H2;2-3H,1H2. The number of carbonyl (C=O) groups excluding carboxylic acids is 2. The van der Waals surface area contributed by atoms with Crippen LogP contribution in [0.2, 0.25) is 0 Å². The summed E-state index contributed by atoms with van der Waals surface area (Å²) in [4.78, 5) is 28.8. The van der Waals surface area contributed by atoms with E-state index in [1.807, 2.05) is 12.1 Å². The lowest BCUT2D eigenvalue weighted by Crippen LogP contribution is -2.15. The molecule has 0 bridgehead atoms. The number of likely N-dealkylation sites (tertiary alicyclic amines) is 1. The number of hydrogen-bond donors (Lipinski definition) is 3. The van der Waals surface area contributed by atoms with Crippen molar-refractivity contribution >= 4 is 30.2 Å². The lowest BCUT2D eigenvalue weighted by Gasteiger charge is -2.11. The lowest BCUT2D eigenvalue weighted by molar-refractivity contribution is -0.105. The van der Waals surface area contributed by atoms with Gasteiger partial charge in [0.2, 0.25) is 12.4 Å². The second kappa shape index (κ2) is 19.8. The van der Waals surface area contributed by atoms with Gasteiger partial charge >= 0.3 is 0 Å². The molecule has 1 saturated heterocycles. The van der Waals surface area contributed by atoms with Gasteiger partial charge in [0.1, 0.15) is 6.29 Å². The third-order valence-corrected chi connectivity index (χ3v) is 3.78. The first-order valence-corrected chi connectivity index (χ1v) is 9.60. The maximum Gasteiger partial charge on any atom is 0.216 e. The van der Waals surface area contributed by atoms with Crippen molar-refractivity contribution in [2.24, 2.45) is 21.5 Å². The number of amides is 1. The Hall–Kier alpha value is -3.52. The first-order valence-electron chi connectivity index (χ1n) is 9.60. The van der Waals surface area contributed by atoms with Gasteiger partial charge in [0, 0.05) is 19.3 Å². The fraction of sp³-hybridized carbons (Fsp3) is 0.304. The molecular weight excluding hydrogens is 392 g/mol. The van der Waals surface area contributed by atoms with E-state index in [0.29, 0.717) is 24.4 Å². The smallest absolute Gasteiger partial charge is 0.216 e. The zero-order chi connectivity index (χ0) is 24.1. The van der Waals surface area contributed by atoms with Gasteiger partial charge in [-0.15, -0.1) is 0 Å². The molecule has 1 aromatic rings. The number of anilines is 1. The molecule has 1 amide bonds. The Balaban J connectivity index is 0. The van der Waals surface area contributed by atoms with E-state index in [1.165, 1.54) is 24.6 Å². The summed E-state index contributed by atoms with van der Waals surface area (Å²) in [6.45, 7) is 13.8. The number of guanidine groups is 1. The summed E-state index contributed by atoms with van der Waals surface area (Å²) in [6.07, 6.45) is 7.05. The van der Waals surface area contributed by atoms with Crippen molar-refractivity contribution in [3.05, 3.63) is 67.8 Å². The van der Waals surface area contributed by atoms with Crippen molar-refractivity contribution in [3.8, 4) is 0 Å². The van der Waals surface area contributed by atoms with Crippen LogP contribution < -0.4 is 16.8 Å². The van der Waals surface area contributed by atoms with Gasteiger partial charge in [-0.1, -0.05) is 44.0 Å². The molecule has 1 aliphatic heterocycles. The van der Waals surface area contributed by atoms with E-state index in [9.17, 15) is 4.79 Å². The third kappa shape index (κ3) is 17.1. The molecule has 5 N–H and O–H groups in total. The summed E-state index contributed by atoms with van der Waals surface area (Å²) in [6, 6.07) is 8.13. The minimum absolute atomic E-state index is 0.213. The zero-order valence-corrected chi connectivity index (χ0v) is 18.8. The van der Waals surface area contributed by atoms with Crippen molar-refractivity contribution in [1.82, 2.24) is 4.90 Å². The lowest BCUT2D eigenvalue weighted by atomic mass is 9.98. The zero-order valence-electron chi connectivity index (χ0n) is 18.8. The van der Waals surface area contributed by atoms with Crippen molar-refractivity contribution in [3.63, 3.8) is 0 Å². The maximum absolute atomic E-state index is 10.2. The summed E-state index contributed by atoms with van der Waals surface area (Å²) < 4.78 is 0.